The lowest BCUT2D eigenvalue weighted by Gasteiger charge is -2.21. The highest BCUT2D eigenvalue weighted by Crippen LogP contribution is 2.14. The van der Waals surface area contributed by atoms with Gasteiger partial charge in [0.2, 0.25) is 0 Å². The maximum atomic E-state index is 12.4. The number of rotatable bonds is 7. The van der Waals surface area contributed by atoms with Crippen molar-refractivity contribution in [3.63, 3.8) is 0 Å². The summed E-state index contributed by atoms with van der Waals surface area (Å²) in [5.41, 5.74) is 2.67. The van der Waals surface area contributed by atoms with Crippen LogP contribution in [-0.4, -0.2) is 25.0 Å². The summed E-state index contributed by atoms with van der Waals surface area (Å²) in [6.45, 7) is 1.85. The molecule has 0 heterocycles. The molecule has 0 unspecified atom stereocenters. The van der Waals surface area contributed by atoms with Gasteiger partial charge in [-0.25, -0.2) is 4.79 Å². The van der Waals surface area contributed by atoms with E-state index in [1.54, 1.807) is 30.3 Å². The van der Waals surface area contributed by atoms with Crippen LogP contribution in [0.15, 0.2) is 60.7 Å². The van der Waals surface area contributed by atoms with E-state index in [-0.39, 0.29) is 25.5 Å². The minimum atomic E-state index is -0.591. The van der Waals surface area contributed by atoms with Gasteiger partial charge in [-0.15, -0.1) is 0 Å². The van der Waals surface area contributed by atoms with Crippen LogP contribution in [0.25, 0.3) is 6.08 Å². The minimum absolute atomic E-state index is 0.196. The van der Waals surface area contributed by atoms with Crippen molar-refractivity contribution in [2.45, 2.75) is 13.3 Å². The van der Waals surface area contributed by atoms with E-state index < -0.39 is 5.97 Å². The smallest absolute Gasteiger partial charge is 0.331 e. The van der Waals surface area contributed by atoms with E-state index in [2.05, 4.69) is 0 Å². The molecule has 0 saturated carbocycles. The second-order valence-electron chi connectivity index (χ2n) is 5.64. The van der Waals surface area contributed by atoms with Gasteiger partial charge in [-0.3, -0.25) is 4.79 Å². The van der Waals surface area contributed by atoms with Crippen LogP contribution in [0.4, 0.5) is 5.69 Å². The molecule has 0 aliphatic rings. The van der Waals surface area contributed by atoms with E-state index in [1.165, 1.54) is 11.0 Å². The lowest BCUT2D eigenvalue weighted by Crippen LogP contribution is -2.35. The van der Waals surface area contributed by atoms with E-state index in [0.717, 1.165) is 11.1 Å². The molecule has 0 N–H and O–H groups in total. The zero-order valence-electron chi connectivity index (χ0n) is 14.6. The molecule has 0 atom stereocenters. The van der Waals surface area contributed by atoms with Gasteiger partial charge in [0.15, 0.2) is 6.61 Å². The van der Waals surface area contributed by atoms with Crippen molar-refractivity contribution >= 4 is 23.6 Å². The van der Waals surface area contributed by atoms with Gasteiger partial charge in [0.05, 0.1) is 12.5 Å². The van der Waals surface area contributed by atoms with Gasteiger partial charge >= 0.3 is 5.97 Å². The molecule has 2 aromatic carbocycles. The van der Waals surface area contributed by atoms with Crippen LogP contribution in [0.1, 0.15) is 17.5 Å². The number of para-hydroxylation sites is 1. The normalized spacial score (nSPS) is 10.3. The van der Waals surface area contributed by atoms with Crippen molar-refractivity contribution in [1.82, 2.24) is 0 Å². The molecule has 0 aliphatic heterocycles. The SMILES string of the molecule is Cc1ccc(/C=C/C(=O)OCC(=O)N(CCC#N)c2ccccc2)cc1. The summed E-state index contributed by atoms with van der Waals surface area (Å²) in [4.78, 5) is 25.7. The Morgan fingerprint density at radius 3 is 2.46 bits per heavy atom. The second-order valence-corrected chi connectivity index (χ2v) is 5.64. The van der Waals surface area contributed by atoms with E-state index in [9.17, 15) is 9.59 Å². The third-order valence-electron chi connectivity index (χ3n) is 3.64. The summed E-state index contributed by atoms with van der Waals surface area (Å²) in [7, 11) is 0. The third-order valence-corrected chi connectivity index (χ3v) is 3.64. The molecule has 0 radical (unpaired) electrons. The number of ether oxygens (including phenoxy) is 1. The highest BCUT2D eigenvalue weighted by Gasteiger charge is 2.16. The summed E-state index contributed by atoms with van der Waals surface area (Å²) in [5.74, 6) is -0.962. The molecule has 2 rings (SSSR count). The standard InChI is InChI=1S/C21H20N2O3/c1-17-8-10-18(11-9-17)12-13-21(25)26-16-20(24)23(15-5-14-22)19-6-3-2-4-7-19/h2-4,6-13H,5,15-16H2,1H3/b13-12+. The highest BCUT2D eigenvalue weighted by molar-refractivity contribution is 5.96. The molecule has 5 heteroatoms. The number of esters is 1. The fourth-order valence-corrected chi connectivity index (χ4v) is 2.27. The molecule has 5 nitrogen and oxygen atoms in total. The number of nitrogens with zero attached hydrogens (tertiary/aromatic N) is 2. The first kappa shape index (κ1) is 18.9. The topological polar surface area (TPSA) is 70.4 Å². The number of benzene rings is 2. The van der Waals surface area contributed by atoms with E-state index >= 15 is 0 Å². The Morgan fingerprint density at radius 1 is 1.12 bits per heavy atom. The molecule has 1 amide bonds. The van der Waals surface area contributed by atoms with Gasteiger partial charge in [-0.1, -0.05) is 48.0 Å². The van der Waals surface area contributed by atoms with Gasteiger partial charge in [-0.05, 0) is 30.7 Å². The molecule has 0 saturated heterocycles. The first-order valence-electron chi connectivity index (χ1n) is 8.24. The third kappa shape index (κ3) is 5.91. The van der Waals surface area contributed by atoms with Crippen LogP contribution in [0, 0.1) is 18.3 Å². The van der Waals surface area contributed by atoms with E-state index in [1.807, 2.05) is 43.3 Å². The first-order valence-corrected chi connectivity index (χ1v) is 8.24. The van der Waals surface area contributed by atoms with Crippen LogP contribution in [0.5, 0.6) is 0 Å². The van der Waals surface area contributed by atoms with Crippen molar-refractivity contribution in [3.8, 4) is 6.07 Å². The van der Waals surface area contributed by atoms with Crippen molar-refractivity contribution in [1.29, 1.82) is 5.26 Å². The Hall–Kier alpha value is -3.39. The van der Waals surface area contributed by atoms with E-state index in [4.69, 9.17) is 10.00 Å². The molecule has 0 aromatic heterocycles. The average Bonchev–Trinajstić information content (AvgIpc) is 2.67. The Bertz CT molecular complexity index is 805. The molecule has 0 bridgehead atoms. The van der Waals surface area contributed by atoms with Crippen LogP contribution >= 0.6 is 0 Å². The predicted molar refractivity (Wildman–Crippen MR) is 100 cm³/mol. The fraction of sp³-hybridized carbons (Fsp3) is 0.190. The molecule has 0 spiro atoms. The lowest BCUT2D eigenvalue weighted by atomic mass is 10.1. The molecule has 2 aromatic rings. The average molecular weight is 348 g/mol. The minimum Gasteiger partial charge on any atom is -0.452 e. The zero-order chi connectivity index (χ0) is 18.8. The first-order chi connectivity index (χ1) is 12.6. The highest BCUT2D eigenvalue weighted by atomic mass is 16.5. The molecule has 0 aliphatic carbocycles. The van der Waals surface area contributed by atoms with Gasteiger partial charge in [0.25, 0.3) is 5.91 Å². The number of hydrogen-bond acceptors (Lipinski definition) is 4. The molecule has 26 heavy (non-hydrogen) atoms. The van der Waals surface area contributed by atoms with Crippen molar-refractivity contribution in [3.05, 3.63) is 71.8 Å². The predicted octanol–water partition coefficient (Wildman–Crippen LogP) is 3.50. The quantitative estimate of drug-likeness (QED) is 0.567. The van der Waals surface area contributed by atoms with Gasteiger partial charge < -0.3 is 9.64 Å². The summed E-state index contributed by atoms with van der Waals surface area (Å²) in [6, 6.07) is 18.7. The lowest BCUT2D eigenvalue weighted by molar-refractivity contribution is -0.142. The number of aryl methyl sites for hydroxylation is 1. The van der Waals surface area contributed by atoms with Gasteiger partial charge in [0, 0.05) is 18.3 Å². The summed E-state index contributed by atoms with van der Waals surface area (Å²) < 4.78 is 5.03. The molecule has 0 fully saturated rings. The van der Waals surface area contributed by atoms with Crippen LogP contribution < -0.4 is 4.90 Å². The Kier molecular flexibility index (Phi) is 7.14. The van der Waals surface area contributed by atoms with Crippen LogP contribution in [-0.2, 0) is 14.3 Å². The Balaban J connectivity index is 1.93. The van der Waals surface area contributed by atoms with Crippen molar-refractivity contribution in [2.75, 3.05) is 18.1 Å². The maximum Gasteiger partial charge on any atom is 0.331 e. The molecular weight excluding hydrogens is 328 g/mol. The van der Waals surface area contributed by atoms with Crippen LogP contribution in [0.3, 0.4) is 0 Å². The zero-order valence-corrected chi connectivity index (χ0v) is 14.6. The molecular formula is C21H20N2O3. The largest absolute Gasteiger partial charge is 0.452 e. The summed E-state index contributed by atoms with van der Waals surface area (Å²) >= 11 is 0. The number of anilines is 1. The number of nitriles is 1. The maximum absolute atomic E-state index is 12.4. The summed E-state index contributed by atoms with van der Waals surface area (Å²) in [6.07, 6.45) is 3.12. The van der Waals surface area contributed by atoms with Crippen molar-refractivity contribution in [2.24, 2.45) is 0 Å². The van der Waals surface area contributed by atoms with Gasteiger partial charge in [0.1, 0.15) is 0 Å². The Labute approximate surface area is 153 Å². The van der Waals surface area contributed by atoms with Crippen LogP contribution in [0.2, 0.25) is 0 Å². The monoisotopic (exact) mass is 348 g/mol. The summed E-state index contributed by atoms with van der Waals surface area (Å²) in [5, 5.41) is 8.77. The second kappa shape index (κ2) is 9.80. The number of amides is 1. The molecule has 132 valence electrons. The number of hydrogen-bond donors (Lipinski definition) is 0. The van der Waals surface area contributed by atoms with Crippen molar-refractivity contribution < 1.29 is 14.3 Å². The number of carbonyl (C=O) groups is 2. The Morgan fingerprint density at radius 2 is 1.81 bits per heavy atom. The van der Waals surface area contributed by atoms with E-state index in [0.29, 0.717) is 5.69 Å². The van der Waals surface area contributed by atoms with Gasteiger partial charge in [-0.2, -0.15) is 5.26 Å². The number of carbonyl (C=O) groups excluding carboxylic acids is 2. The fourth-order valence-electron chi connectivity index (χ4n) is 2.27.